The summed E-state index contributed by atoms with van der Waals surface area (Å²) in [4.78, 5) is 19.6. The molecule has 1 amide bonds. The summed E-state index contributed by atoms with van der Waals surface area (Å²) in [6.07, 6.45) is 5.11. The summed E-state index contributed by atoms with van der Waals surface area (Å²) in [6, 6.07) is 13.3. The van der Waals surface area contributed by atoms with Crippen LogP contribution < -0.4 is 10.1 Å². The molecule has 0 fully saturated rings. The Labute approximate surface area is 149 Å². The van der Waals surface area contributed by atoms with E-state index < -0.39 is 0 Å². The first kappa shape index (κ1) is 15.9. The van der Waals surface area contributed by atoms with E-state index in [0.717, 1.165) is 16.7 Å². The molecule has 0 atom stereocenters. The van der Waals surface area contributed by atoms with Crippen molar-refractivity contribution >= 4 is 22.6 Å². The van der Waals surface area contributed by atoms with E-state index in [-0.39, 0.29) is 5.91 Å². The summed E-state index contributed by atoms with van der Waals surface area (Å²) in [5.41, 5.74) is 2.87. The lowest BCUT2D eigenvalue weighted by Crippen LogP contribution is -2.11. The minimum absolute atomic E-state index is 0.230. The molecular formula is C19H17N5O2. The third-order valence-electron chi connectivity index (χ3n) is 4.03. The Morgan fingerprint density at radius 1 is 1.27 bits per heavy atom. The van der Waals surface area contributed by atoms with Gasteiger partial charge in [-0.05, 0) is 35.9 Å². The number of fused-ring (bicyclic) bond motifs is 1. The van der Waals surface area contributed by atoms with Crippen LogP contribution in [0.1, 0.15) is 16.1 Å². The van der Waals surface area contributed by atoms with Gasteiger partial charge >= 0.3 is 0 Å². The number of carbonyl (C=O) groups is 1. The number of anilines is 1. The molecule has 7 nitrogen and oxygen atoms in total. The molecule has 7 heteroatoms. The van der Waals surface area contributed by atoms with Crippen LogP contribution in [0.25, 0.3) is 11.0 Å². The zero-order valence-electron chi connectivity index (χ0n) is 14.1. The highest BCUT2D eigenvalue weighted by molar-refractivity contribution is 6.05. The summed E-state index contributed by atoms with van der Waals surface area (Å²) >= 11 is 0. The molecule has 2 N–H and O–H groups in total. The number of hydrogen-bond acceptors (Lipinski definition) is 4. The Bertz CT molecular complexity index is 1020. The normalized spacial score (nSPS) is 10.8. The number of aromatic nitrogens is 4. The number of methoxy groups -OCH3 is 1. The van der Waals surface area contributed by atoms with E-state index in [1.807, 2.05) is 36.4 Å². The van der Waals surface area contributed by atoms with Gasteiger partial charge in [-0.15, -0.1) is 0 Å². The Morgan fingerprint density at radius 2 is 2.12 bits per heavy atom. The average molecular weight is 347 g/mol. The number of benzene rings is 1. The zero-order chi connectivity index (χ0) is 17.9. The first-order valence-electron chi connectivity index (χ1n) is 8.12. The van der Waals surface area contributed by atoms with Crippen LogP contribution in [-0.4, -0.2) is 32.8 Å². The maximum Gasteiger partial charge on any atom is 0.272 e. The van der Waals surface area contributed by atoms with E-state index >= 15 is 0 Å². The van der Waals surface area contributed by atoms with E-state index in [9.17, 15) is 4.79 Å². The van der Waals surface area contributed by atoms with Crippen molar-refractivity contribution in [3.63, 3.8) is 0 Å². The highest BCUT2D eigenvalue weighted by Gasteiger charge is 2.11. The number of pyridine rings is 1. The molecule has 0 unspecified atom stereocenters. The van der Waals surface area contributed by atoms with Gasteiger partial charge in [0.05, 0.1) is 25.5 Å². The number of ether oxygens (including phenoxy) is 1. The van der Waals surface area contributed by atoms with Gasteiger partial charge in [0.25, 0.3) is 5.91 Å². The Kier molecular flexibility index (Phi) is 4.10. The standard InChI is InChI=1S/C19H17N5O2/c1-26-16-6-4-13(5-7-16)11-24-12-15(10-21-24)22-19(25)17-9-14-3-2-8-20-18(14)23-17/h2-10,12H,11H2,1H3,(H,20,23)(H,22,25). The van der Waals surface area contributed by atoms with Crippen molar-refractivity contribution in [2.75, 3.05) is 12.4 Å². The quantitative estimate of drug-likeness (QED) is 0.581. The molecule has 0 saturated carbocycles. The molecule has 4 aromatic rings. The number of amides is 1. The SMILES string of the molecule is COc1ccc(Cn2cc(NC(=O)c3cc4cccnc4[nH]3)cn2)cc1. The van der Waals surface area contributed by atoms with E-state index in [4.69, 9.17) is 4.74 Å². The van der Waals surface area contributed by atoms with E-state index in [2.05, 4.69) is 20.4 Å². The molecule has 0 radical (unpaired) electrons. The van der Waals surface area contributed by atoms with E-state index in [1.165, 1.54) is 0 Å². The molecule has 3 aromatic heterocycles. The summed E-state index contributed by atoms with van der Waals surface area (Å²) < 4.78 is 6.92. The van der Waals surface area contributed by atoms with E-state index in [0.29, 0.717) is 23.6 Å². The molecule has 0 aliphatic carbocycles. The molecule has 3 heterocycles. The van der Waals surface area contributed by atoms with Gasteiger partial charge in [-0.2, -0.15) is 5.10 Å². The van der Waals surface area contributed by atoms with Gasteiger partial charge in [-0.3, -0.25) is 9.48 Å². The summed E-state index contributed by atoms with van der Waals surface area (Å²) in [7, 11) is 1.64. The predicted molar refractivity (Wildman–Crippen MR) is 98.4 cm³/mol. The lowest BCUT2D eigenvalue weighted by Gasteiger charge is -2.04. The summed E-state index contributed by atoms with van der Waals surface area (Å²) in [6.45, 7) is 0.607. The molecule has 0 aliphatic rings. The van der Waals surface area contributed by atoms with Gasteiger partial charge in [0.1, 0.15) is 17.1 Å². The van der Waals surface area contributed by atoms with Gasteiger partial charge in [0.15, 0.2) is 0 Å². The summed E-state index contributed by atoms with van der Waals surface area (Å²) in [5.74, 6) is 0.585. The van der Waals surface area contributed by atoms with Crippen molar-refractivity contribution in [1.29, 1.82) is 0 Å². The number of hydrogen-bond donors (Lipinski definition) is 2. The Balaban J connectivity index is 1.44. The second kappa shape index (κ2) is 6.72. The van der Waals surface area contributed by atoms with Gasteiger partial charge in [0, 0.05) is 17.8 Å². The van der Waals surface area contributed by atoms with Crippen molar-refractivity contribution < 1.29 is 9.53 Å². The first-order valence-corrected chi connectivity index (χ1v) is 8.12. The highest BCUT2D eigenvalue weighted by Crippen LogP contribution is 2.15. The molecule has 26 heavy (non-hydrogen) atoms. The Morgan fingerprint density at radius 3 is 2.88 bits per heavy atom. The van der Waals surface area contributed by atoms with Gasteiger partial charge in [0.2, 0.25) is 0 Å². The van der Waals surface area contributed by atoms with Gasteiger partial charge in [-0.25, -0.2) is 4.98 Å². The number of rotatable bonds is 5. The van der Waals surface area contributed by atoms with Crippen molar-refractivity contribution in [2.45, 2.75) is 6.54 Å². The topological polar surface area (TPSA) is 84.8 Å². The lowest BCUT2D eigenvalue weighted by atomic mass is 10.2. The largest absolute Gasteiger partial charge is 0.497 e. The number of nitrogens with zero attached hydrogens (tertiary/aromatic N) is 3. The van der Waals surface area contributed by atoms with Crippen LogP contribution in [0.5, 0.6) is 5.75 Å². The number of aromatic amines is 1. The third-order valence-corrected chi connectivity index (χ3v) is 4.03. The fraction of sp³-hybridized carbons (Fsp3) is 0.105. The van der Waals surface area contributed by atoms with Crippen LogP contribution in [0.4, 0.5) is 5.69 Å². The van der Waals surface area contributed by atoms with Crippen molar-refractivity contribution in [2.24, 2.45) is 0 Å². The minimum Gasteiger partial charge on any atom is -0.497 e. The smallest absolute Gasteiger partial charge is 0.272 e. The second-order valence-corrected chi connectivity index (χ2v) is 5.85. The lowest BCUT2D eigenvalue weighted by molar-refractivity contribution is 0.102. The number of nitrogens with one attached hydrogen (secondary N) is 2. The Hall–Kier alpha value is -3.61. The average Bonchev–Trinajstić information content (AvgIpc) is 3.29. The predicted octanol–water partition coefficient (Wildman–Crippen LogP) is 3.07. The monoisotopic (exact) mass is 347 g/mol. The molecule has 0 bridgehead atoms. The van der Waals surface area contributed by atoms with Crippen molar-refractivity contribution in [3.8, 4) is 5.75 Å². The van der Waals surface area contributed by atoms with Crippen LogP contribution in [0.2, 0.25) is 0 Å². The van der Waals surface area contributed by atoms with Crippen molar-refractivity contribution in [3.05, 3.63) is 72.3 Å². The van der Waals surface area contributed by atoms with Gasteiger partial charge < -0.3 is 15.0 Å². The fourth-order valence-corrected chi connectivity index (χ4v) is 2.71. The third kappa shape index (κ3) is 3.27. The summed E-state index contributed by atoms with van der Waals surface area (Å²) in [5, 5.41) is 8.03. The molecule has 4 rings (SSSR count). The van der Waals surface area contributed by atoms with Crippen LogP contribution in [-0.2, 0) is 6.54 Å². The highest BCUT2D eigenvalue weighted by atomic mass is 16.5. The molecule has 0 spiro atoms. The zero-order valence-corrected chi connectivity index (χ0v) is 14.1. The maximum absolute atomic E-state index is 12.4. The number of H-pyrrole nitrogens is 1. The van der Waals surface area contributed by atoms with E-state index in [1.54, 1.807) is 36.4 Å². The molecule has 0 aliphatic heterocycles. The molecule has 1 aromatic carbocycles. The second-order valence-electron chi connectivity index (χ2n) is 5.85. The molecule has 130 valence electrons. The molecular weight excluding hydrogens is 330 g/mol. The fourth-order valence-electron chi connectivity index (χ4n) is 2.71. The van der Waals surface area contributed by atoms with Crippen LogP contribution in [0.3, 0.4) is 0 Å². The van der Waals surface area contributed by atoms with Crippen molar-refractivity contribution in [1.82, 2.24) is 19.7 Å². The van der Waals surface area contributed by atoms with Gasteiger partial charge in [-0.1, -0.05) is 12.1 Å². The minimum atomic E-state index is -0.230. The maximum atomic E-state index is 12.4. The first-order chi connectivity index (χ1) is 12.7. The number of carbonyl (C=O) groups excluding carboxylic acids is 1. The van der Waals surface area contributed by atoms with Crippen LogP contribution in [0, 0.1) is 0 Å². The molecule has 0 saturated heterocycles. The van der Waals surface area contributed by atoms with Crippen LogP contribution >= 0.6 is 0 Å². The van der Waals surface area contributed by atoms with Crippen LogP contribution in [0.15, 0.2) is 61.1 Å².